The quantitative estimate of drug-likeness (QED) is 0.712. The summed E-state index contributed by atoms with van der Waals surface area (Å²) < 4.78 is 0. The average Bonchev–Trinajstić information content (AvgIpc) is 2.57. The number of hydrogen-bond donors (Lipinski definition) is 0. The molecule has 114 valence electrons. The molecule has 1 saturated carbocycles. The Balaban J connectivity index is 2.06. The number of rotatable bonds is 5. The molecule has 21 heavy (non-hydrogen) atoms. The van der Waals surface area contributed by atoms with Crippen LogP contribution in [0.15, 0.2) is 30.3 Å². The highest BCUT2D eigenvalue weighted by molar-refractivity contribution is 5.28. The largest absolute Gasteiger partial charge is 0.293 e. The SMILES string of the molecule is CCN(CC)CC#CCC1(c2ccccc2)CCCCC1. The van der Waals surface area contributed by atoms with E-state index < -0.39 is 0 Å². The Kier molecular flexibility index (Phi) is 6.33. The van der Waals surface area contributed by atoms with Crippen LogP contribution in [0.3, 0.4) is 0 Å². The van der Waals surface area contributed by atoms with Gasteiger partial charge in [0.25, 0.3) is 0 Å². The van der Waals surface area contributed by atoms with Crippen LogP contribution in [0.25, 0.3) is 0 Å². The van der Waals surface area contributed by atoms with Gasteiger partial charge in [-0.1, -0.05) is 69.4 Å². The minimum atomic E-state index is 0.315. The lowest BCUT2D eigenvalue weighted by atomic mass is 9.67. The van der Waals surface area contributed by atoms with E-state index in [4.69, 9.17) is 0 Å². The van der Waals surface area contributed by atoms with Crippen LogP contribution in [0.1, 0.15) is 57.9 Å². The van der Waals surface area contributed by atoms with Gasteiger partial charge in [0.2, 0.25) is 0 Å². The molecule has 0 atom stereocenters. The molecule has 1 aromatic rings. The minimum Gasteiger partial charge on any atom is -0.293 e. The summed E-state index contributed by atoms with van der Waals surface area (Å²) in [5.74, 6) is 6.91. The van der Waals surface area contributed by atoms with Crippen molar-refractivity contribution >= 4 is 0 Å². The van der Waals surface area contributed by atoms with Crippen LogP contribution in [0.2, 0.25) is 0 Å². The molecular formula is C20H29N. The van der Waals surface area contributed by atoms with Crippen LogP contribution in [-0.4, -0.2) is 24.5 Å². The smallest absolute Gasteiger partial charge is 0.0601 e. The van der Waals surface area contributed by atoms with Gasteiger partial charge in [-0.3, -0.25) is 4.90 Å². The van der Waals surface area contributed by atoms with Crippen molar-refractivity contribution in [1.82, 2.24) is 4.90 Å². The molecule has 0 aromatic heterocycles. The molecule has 1 aromatic carbocycles. The first-order valence-corrected chi connectivity index (χ1v) is 8.54. The van der Waals surface area contributed by atoms with Crippen molar-refractivity contribution < 1.29 is 0 Å². The second-order valence-corrected chi connectivity index (χ2v) is 6.20. The van der Waals surface area contributed by atoms with Gasteiger partial charge >= 0.3 is 0 Å². The zero-order chi connectivity index (χ0) is 15.0. The summed E-state index contributed by atoms with van der Waals surface area (Å²) in [6.07, 6.45) is 7.73. The highest BCUT2D eigenvalue weighted by Gasteiger charge is 2.32. The molecule has 0 radical (unpaired) electrons. The van der Waals surface area contributed by atoms with Gasteiger partial charge in [0, 0.05) is 11.8 Å². The van der Waals surface area contributed by atoms with E-state index in [1.165, 1.54) is 37.7 Å². The lowest BCUT2D eigenvalue weighted by Gasteiger charge is -2.36. The lowest BCUT2D eigenvalue weighted by Crippen LogP contribution is -2.28. The van der Waals surface area contributed by atoms with Crippen molar-refractivity contribution in [2.75, 3.05) is 19.6 Å². The third kappa shape index (κ3) is 4.35. The van der Waals surface area contributed by atoms with E-state index in [0.717, 1.165) is 26.1 Å². The third-order valence-corrected chi connectivity index (χ3v) is 4.95. The van der Waals surface area contributed by atoms with Gasteiger partial charge < -0.3 is 0 Å². The van der Waals surface area contributed by atoms with Crippen LogP contribution in [0, 0.1) is 11.8 Å². The molecule has 0 N–H and O–H groups in total. The maximum Gasteiger partial charge on any atom is 0.0601 e. The second-order valence-electron chi connectivity index (χ2n) is 6.20. The first-order valence-electron chi connectivity index (χ1n) is 8.54. The zero-order valence-corrected chi connectivity index (χ0v) is 13.7. The van der Waals surface area contributed by atoms with E-state index in [2.05, 4.69) is 60.9 Å². The molecule has 0 heterocycles. The molecule has 0 bridgehead atoms. The summed E-state index contributed by atoms with van der Waals surface area (Å²) in [6, 6.07) is 11.1. The monoisotopic (exact) mass is 283 g/mol. The first kappa shape index (κ1) is 16.1. The third-order valence-electron chi connectivity index (χ3n) is 4.95. The fourth-order valence-electron chi connectivity index (χ4n) is 3.43. The van der Waals surface area contributed by atoms with E-state index in [0.29, 0.717) is 5.41 Å². The molecule has 1 fully saturated rings. The highest BCUT2D eigenvalue weighted by atomic mass is 15.1. The summed E-state index contributed by atoms with van der Waals surface area (Å²) in [5.41, 5.74) is 1.82. The van der Waals surface area contributed by atoms with Gasteiger partial charge in [-0.25, -0.2) is 0 Å². The fraction of sp³-hybridized carbons (Fsp3) is 0.600. The minimum absolute atomic E-state index is 0.315. The van der Waals surface area contributed by atoms with E-state index in [9.17, 15) is 0 Å². The van der Waals surface area contributed by atoms with Crippen molar-refractivity contribution in [3.05, 3.63) is 35.9 Å². The number of benzene rings is 1. The number of hydrogen-bond acceptors (Lipinski definition) is 1. The Morgan fingerprint density at radius 1 is 0.952 bits per heavy atom. The first-order chi connectivity index (χ1) is 10.3. The molecule has 0 unspecified atom stereocenters. The molecular weight excluding hydrogens is 254 g/mol. The van der Waals surface area contributed by atoms with Crippen LogP contribution in [0.5, 0.6) is 0 Å². The van der Waals surface area contributed by atoms with Crippen LogP contribution >= 0.6 is 0 Å². The van der Waals surface area contributed by atoms with Crippen molar-refractivity contribution in [3.63, 3.8) is 0 Å². The van der Waals surface area contributed by atoms with Crippen LogP contribution in [0.4, 0.5) is 0 Å². The van der Waals surface area contributed by atoms with Crippen molar-refractivity contribution in [2.24, 2.45) is 0 Å². The summed E-state index contributed by atoms with van der Waals surface area (Å²) in [4.78, 5) is 2.38. The van der Waals surface area contributed by atoms with E-state index in [1.54, 1.807) is 0 Å². The maximum atomic E-state index is 3.50. The lowest BCUT2D eigenvalue weighted by molar-refractivity contribution is 0.298. The molecule has 0 aliphatic heterocycles. The molecule has 2 rings (SSSR count). The van der Waals surface area contributed by atoms with E-state index >= 15 is 0 Å². The molecule has 0 amide bonds. The summed E-state index contributed by atoms with van der Waals surface area (Å²) in [7, 11) is 0. The Hall–Kier alpha value is -1.26. The topological polar surface area (TPSA) is 3.24 Å². The van der Waals surface area contributed by atoms with Crippen LogP contribution in [-0.2, 0) is 5.41 Å². The Morgan fingerprint density at radius 2 is 1.62 bits per heavy atom. The normalized spacial score (nSPS) is 17.3. The molecule has 1 aliphatic rings. The van der Waals surface area contributed by atoms with Gasteiger partial charge in [0.15, 0.2) is 0 Å². The van der Waals surface area contributed by atoms with Crippen molar-refractivity contribution in [3.8, 4) is 11.8 Å². The standard InChI is InChI=1S/C20H29N/c1-3-21(4-2)18-12-11-17-20(15-9-6-10-16-20)19-13-7-5-8-14-19/h5,7-8,13-14H,3-4,6,9-10,15-18H2,1-2H3. The van der Waals surface area contributed by atoms with Crippen molar-refractivity contribution in [2.45, 2.75) is 57.8 Å². The predicted octanol–water partition coefficient (Wildman–Crippen LogP) is 4.62. The molecule has 1 nitrogen and oxygen atoms in total. The Morgan fingerprint density at radius 3 is 2.24 bits per heavy atom. The molecule has 0 spiro atoms. The second kappa shape index (κ2) is 8.25. The summed E-state index contributed by atoms with van der Waals surface area (Å²) in [5, 5.41) is 0. The fourth-order valence-corrected chi connectivity index (χ4v) is 3.43. The highest BCUT2D eigenvalue weighted by Crippen LogP contribution is 2.41. The van der Waals surface area contributed by atoms with Crippen LogP contribution < -0.4 is 0 Å². The maximum absolute atomic E-state index is 3.50. The van der Waals surface area contributed by atoms with Gasteiger partial charge in [-0.2, -0.15) is 0 Å². The zero-order valence-electron chi connectivity index (χ0n) is 13.7. The summed E-state index contributed by atoms with van der Waals surface area (Å²) in [6.45, 7) is 7.51. The van der Waals surface area contributed by atoms with Gasteiger partial charge in [0.1, 0.15) is 0 Å². The van der Waals surface area contributed by atoms with E-state index in [1.807, 2.05) is 0 Å². The van der Waals surface area contributed by atoms with Gasteiger partial charge in [-0.15, -0.1) is 5.92 Å². The summed E-state index contributed by atoms with van der Waals surface area (Å²) >= 11 is 0. The predicted molar refractivity (Wildman–Crippen MR) is 91.4 cm³/mol. The number of nitrogens with zero attached hydrogens (tertiary/aromatic N) is 1. The van der Waals surface area contributed by atoms with Gasteiger partial charge in [0.05, 0.1) is 6.54 Å². The Bertz CT molecular complexity index is 456. The average molecular weight is 283 g/mol. The Labute approximate surface area is 130 Å². The molecule has 1 aliphatic carbocycles. The van der Waals surface area contributed by atoms with E-state index in [-0.39, 0.29) is 0 Å². The molecule has 0 saturated heterocycles. The van der Waals surface area contributed by atoms with Gasteiger partial charge in [-0.05, 0) is 31.5 Å². The van der Waals surface area contributed by atoms with Crippen molar-refractivity contribution in [1.29, 1.82) is 0 Å². The molecule has 1 heteroatoms.